The molecule has 0 radical (unpaired) electrons. The lowest BCUT2D eigenvalue weighted by Crippen LogP contribution is -1.95. The number of hydrogen-bond donors (Lipinski definition) is 1. The summed E-state index contributed by atoms with van der Waals surface area (Å²) in [7, 11) is 0. The van der Waals surface area contributed by atoms with Gasteiger partial charge in [0.25, 0.3) is 0 Å². The molecule has 76 valence electrons. The van der Waals surface area contributed by atoms with Crippen molar-refractivity contribution in [3.05, 3.63) is 46.2 Å². The van der Waals surface area contributed by atoms with Gasteiger partial charge in [0.15, 0.2) is 0 Å². The summed E-state index contributed by atoms with van der Waals surface area (Å²) in [4.78, 5) is 0. The SMILES string of the molecule is NCCC=CCc1ccc(F)cc1Br. The highest BCUT2D eigenvalue weighted by Crippen LogP contribution is 2.18. The largest absolute Gasteiger partial charge is 0.330 e. The standard InChI is InChI=1S/C11H13BrFN/c12-11-8-10(13)6-5-9(11)4-2-1-3-7-14/h1-2,5-6,8H,3-4,7,14H2. The minimum absolute atomic E-state index is 0.216. The van der Waals surface area contributed by atoms with E-state index >= 15 is 0 Å². The van der Waals surface area contributed by atoms with Crippen LogP contribution in [0.2, 0.25) is 0 Å². The molecule has 0 spiro atoms. The van der Waals surface area contributed by atoms with Gasteiger partial charge in [-0.05, 0) is 37.1 Å². The summed E-state index contributed by atoms with van der Waals surface area (Å²) >= 11 is 3.32. The van der Waals surface area contributed by atoms with Gasteiger partial charge in [-0.2, -0.15) is 0 Å². The zero-order valence-electron chi connectivity index (χ0n) is 7.84. The average Bonchev–Trinajstić information content (AvgIpc) is 2.15. The molecule has 0 aliphatic rings. The van der Waals surface area contributed by atoms with Crippen molar-refractivity contribution in [2.24, 2.45) is 5.73 Å². The molecule has 0 atom stereocenters. The monoisotopic (exact) mass is 257 g/mol. The molecule has 0 saturated carbocycles. The Bertz CT molecular complexity index is 323. The number of hydrogen-bond acceptors (Lipinski definition) is 1. The van der Waals surface area contributed by atoms with Crippen LogP contribution >= 0.6 is 15.9 Å². The van der Waals surface area contributed by atoms with E-state index in [1.165, 1.54) is 12.1 Å². The van der Waals surface area contributed by atoms with Gasteiger partial charge >= 0.3 is 0 Å². The first-order valence-electron chi connectivity index (χ1n) is 4.53. The smallest absolute Gasteiger partial charge is 0.124 e. The fraction of sp³-hybridized carbons (Fsp3) is 0.273. The van der Waals surface area contributed by atoms with Gasteiger partial charge in [-0.1, -0.05) is 34.1 Å². The maximum absolute atomic E-state index is 12.7. The van der Waals surface area contributed by atoms with Crippen molar-refractivity contribution in [2.45, 2.75) is 12.8 Å². The number of halogens is 2. The van der Waals surface area contributed by atoms with Crippen LogP contribution in [0.15, 0.2) is 34.8 Å². The van der Waals surface area contributed by atoms with Crippen LogP contribution in [-0.4, -0.2) is 6.54 Å². The van der Waals surface area contributed by atoms with Gasteiger partial charge < -0.3 is 5.73 Å². The van der Waals surface area contributed by atoms with Gasteiger partial charge in [0, 0.05) is 4.47 Å². The summed E-state index contributed by atoms with van der Waals surface area (Å²) in [6.07, 6.45) is 5.78. The molecule has 0 aliphatic carbocycles. The van der Waals surface area contributed by atoms with Crippen molar-refractivity contribution in [3.63, 3.8) is 0 Å². The van der Waals surface area contributed by atoms with Gasteiger partial charge in [0.1, 0.15) is 5.82 Å². The first-order chi connectivity index (χ1) is 6.74. The summed E-state index contributed by atoms with van der Waals surface area (Å²) in [5.41, 5.74) is 6.43. The third kappa shape index (κ3) is 3.60. The van der Waals surface area contributed by atoms with Crippen LogP contribution in [0.4, 0.5) is 4.39 Å². The summed E-state index contributed by atoms with van der Waals surface area (Å²) in [5.74, 6) is -0.216. The Morgan fingerprint density at radius 3 is 2.79 bits per heavy atom. The molecule has 0 saturated heterocycles. The van der Waals surface area contributed by atoms with Crippen LogP contribution in [0, 0.1) is 5.82 Å². The van der Waals surface area contributed by atoms with Crippen LogP contribution in [0.5, 0.6) is 0 Å². The van der Waals surface area contributed by atoms with E-state index in [-0.39, 0.29) is 5.82 Å². The van der Waals surface area contributed by atoms with Crippen molar-refractivity contribution in [1.29, 1.82) is 0 Å². The van der Waals surface area contributed by atoms with Gasteiger partial charge in [0.05, 0.1) is 0 Å². The van der Waals surface area contributed by atoms with Gasteiger partial charge in [-0.3, -0.25) is 0 Å². The normalized spacial score (nSPS) is 11.1. The molecular formula is C11H13BrFN. The molecule has 1 aromatic carbocycles. The molecule has 0 amide bonds. The zero-order chi connectivity index (χ0) is 10.4. The van der Waals surface area contributed by atoms with Crippen molar-refractivity contribution in [1.82, 2.24) is 0 Å². The third-order valence-electron chi connectivity index (χ3n) is 1.85. The molecular weight excluding hydrogens is 245 g/mol. The summed E-state index contributed by atoms with van der Waals surface area (Å²) in [6.45, 7) is 0.668. The van der Waals surface area contributed by atoms with E-state index in [4.69, 9.17) is 5.73 Å². The first-order valence-corrected chi connectivity index (χ1v) is 5.32. The highest BCUT2D eigenvalue weighted by atomic mass is 79.9. The molecule has 2 N–H and O–H groups in total. The maximum atomic E-state index is 12.7. The Labute approximate surface area is 91.9 Å². The lowest BCUT2D eigenvalue weighted by atomic mass is 10.1. The second-order valence-corrected chi connectivity index (χ2v) is 3.84. The molecule has 1 rings (SSSR count). The van der Waals surface area contributed by atoms with Crippen LogP contribution in [0.3, 0.4) is 0 Å². The Morgan fingerprint density at radius 1 is 1.36 bits per heavy atom. The van der Waals surface area contributed by atoms with E-state index in [2.05, 4.69) is 15.9 Å². The molecule has 3 heteroatoms. The fourth-order valence-corrected chi connectivity index (χ4v) is 1.62. The minimum atomic E-state index is -0.216. The van der Waals surface area contributed by atoms with Crippen molar-refractivity contribution >= 4 is 15.9 Å². The quantitative estimate of drug-likeness (QED) is 0.825. The Kier molecular flexibility index (Phi) is 4.84. The van der Waals surface area contributed by atoms with E-state index in [0.717, 1.165) is 22.9 Å². The van der Waals surface area contributed by atoms with Crippen LogP contribution in [0.25, 0.3) is 0 Å². The maximum Gasteiger partial charge on any atom is 0.124 e. The van der Waals surface area contributed by atoms with Gasteiger partial charge in [-0.15, -0.1) is 0 Å². The second kappa shape index (κ2) is 5.94. The highest BCUT2D eigenvalue weighted by Gasteiger charge is 1.98. The zero-order valence-corrected chi connectivity index (χ0v) is 9.43. The van der Waals surface area contributed by atoms with Gasteiger partial charge in [-0.25, -0.2) is 4.39 Å². The second-order valence-electron chi connectivity index (χ2n) is 2.99. The molecule has 0 fully saturated rings. The van der Waals surface area contributed by atoms with E-state index in [1.54, 1.807) is 6.07 Å². The molecule has 14 heavy (non-hydrogen) atoms. The Hall–Kier alpha value is -0.670. The fourth-order valence-electron chi connectivity index (χ4n) is 1.11. The van der Waals surface area contributed by atoms with E-state index < -0.39 is 0 Å². The summed E-state index contributed by atoms with van der Waals surface area (Å²) in [5, 5.41) is 0. The molecule has 1 aromatic rings. The summed E-state index contributed by atoms with van der Waals surface area (Å²) in [6, 6.07) is 4.73. The molecule has 0 bridgehead atoms. The number of nitrogens with two attached hydrogens (primary N) is 1. The Morgan fingerprint density at radius 2 is 2.14 bits per heavy atom. The topological polar surface area (TPSA) is 26.0 Å². The first kappa shape index (κ1) is 11.4. The lowest BCUT2D eigenvalue weighted by molar-refractivity contribution is 0.626. The van der Waals surface area contributed by atoms with Crippen LogP contribution in [0.1, 0.15) is 12.0 Å². The van der Waals surface area contributed by atoms with Crippen molar-refractivity contribution in [2.75, 3.05) is 6.54 Å². The number of allylic oxidation sites excluding steroid dienone is 1. The van der Waals surface area contributed by atoms with Crippen molar-refractivity contribution in [3.8, 4) is 0 Å². The number of benzene rings is 1. The highest BCUT2D eigenvalue weighted by molar-refractivity contribution is 9.10. The van der Waals surface area contributed by atoms with Gasteiger partial charge in [0.2, 0.25) is 0 Å². The lowest BCUT2D eigenvalue weighted by Gasteiger charge is -2.00. The molecule has 0 unspecified atom stereocenters. The average molecular weight is 258 g/mol. The third-order valence-corrected chi connectivity index (χ3v) is 2.59. The predicted octanol–water partition coefficient (Wildman–Crippen LogP) is 3.04. The molecule has 0 aromatic heterocycles. The molecule has 1 nitrogen and oxygen atoms in total. The summed E-state index contributed by atoms with van der Waals surface area (Å²) < 4.78 is 13.5. The minimum Gasteiger partial charge on any atom is -0.330 e. The predicted molar refractivity (Wildman–Crippen MR) is 60.6 cm³/mol. The molecule has 0 aliphatic heterocycles. The van der Waals surface area contributed by atoms with Crippen LogP contribution < -0.4 is 5.73 Å². The van der Waals surface area contributed by atoms with E-state index in [9.17, 15) is 4.39 Å². The Balaban J connectivity index is 2.59. The van der Waals surface area contributed by atoms with Crippen LogP contribution in [-0.2, 0) is 6.42 Å². The number of rotatable bonds is 4. The van der Waals surface area contributed by atoms with E-state index in [1.807, 2.05) is 12.2 Å². The van der Waals surface area contributed by atoms with E-state index in [0.29, 0.717) is 6.54 Å². The molecule has 0 heterocycles. The van der Waals surface area contributed by atoms with Crippen molar-refractivity contribution < 1.29 is 4.39 Å².